The molecular weight excluding hydrogens is 465 g/mol. The molecule has 1 saturated carbocycles. The Morgan fingerprint density at radius 1 is 1.03 bits per heavy atom. The van der Waals surface area contributed by atoms with Crippen molar-refractivity contribution in [3.63, 3.8) is 0 Å². The summed E-state index contributed by atoms with van der Waals surface area (Å²) >= 11 is 0. The van der Waals surface area contributed by atoms with E-state index in [4.69, 9.17) is 0 Å². The second kappa shape index (κ2) is 10.6. The molecule has 35 heavy (non-hydrogen) atoms. The van der Waals surface area contributed by atoms with Crippen LogP contribution in [0.15, 0.2) is 36.8 Å². The Kier molecular flexibility index (Phi) is 7.46. The summed E-state index contributed by atoms with van der Waals surface area (Å²) in [5.41, 5.74) is 3.08. The zero-order valence-electron chi connectivity index (χ0n) is 20.7. The van der Waals surface area contributed by atoms with Gasteiger partial charge in [-0.15, -0.1) is 0 Å². The van der Waals surface area contributed by atoms with E-state index in [1.54, 1.807) is 4.31 Å². The van der Waals surface area contributed by atoms with Crippen molar-refractivity contribution in [1.82, 2.24) is 18.2 Å². The first kappa shape index (κ1) is 24.7. The lowest BCUT2D eigenvalue weighted by atomic mass is 9.97. The van der Waals surface area contributed by atoms with Gasteiger partial charge >= 0.3 is 0 Å². The Balaban J connectivity index is 1.46. The number of para-hydroxylation sites is 1. The molecule has 1 aromatic carbocycles. The highest BCUT2D eigenvalue weighted by Gasteiger charge is 2.38. The molecule has 1 aliphatic carbocycles. The first-order valence-corrected chi connectivity index (χ1v) is 14.5. The molecule has 0 unspecified atom stereocenters. The first-order chi connectivity index (χ1) is 16.9. The van der Waals surface area contributed by atoms with Crippen molar-refractivity contribution in [2.24, 2.45) is 13.0 Å². The van der Waals surface area contributed by atoms with Gasteiger partial charge in [0.15, 0.2) is 0 Å². The summed E-state index contributed by atoms with van der Waals surface area (Å²) in [6.45, 7) is 1.94. The van der Waals surface area contributed by atoms with Crippen LogP contribution in [0.2, 0.25) is 0 Å². The fraction of sp³-hybridized carbons (Fsp3) is 0.654. The molecule has 0 spiro atoms. The molecule has 3 aliphatic rings. The molecule has 2 fully saturated rings. The number of benzene rings is 1. The van der Waals surface area contributed by atoms with Crippen LogP contribution in [0.3, 0.4) is 0 Å². The molecule has 3 heterocycles. The van der Waals surface area contributed by atoms with E-state index in [1.165, 1.54) is 30.0 Å². The number of halogens is 1. The van der Waals surface area contributed by atoms with Gasteiger partial charge in [0.25, 0.3) is 10.2 Å². The summed E-state index contributed by atoms with van der Waals surface area (Å²) in [5.74, 6) is 0.735. The highest BCUT2D eigenvalue weighted by atomic mass is 32.2. The Bertz CT molecular complexity index is 1090. The normalized spacial score (nSPS) is 23.5. The van der Waals surface area contributed by atoms with E-state index in [1.807, 2.05) is 42.3 Å². The SMILES string of the molecule is Cn1cnc(CN2c3ccccc3CN(S(=O)(=O)N3CCC(F)CC3)C[C@@H]2CCC2CCCC2)c1. The maximum absolute atomic E-state index is 13.8. The number of rotatable bonds is 7. The Hall–Kier alpha value is -1.97. The van der Waals surface area contributed by atoms with Crippen LogP contribution in [-0.2, 0) is 30.3 Å². The fourth-order valence-electron chi connectivity index (χ4n) is 6.02. The standard InChI is InChI=1S/C26H38FN5O2S/c1-29-17-24(28-20-29)18-32-25(11-10-21-6-2-3-7-21)19-31(16-22-8-4-5-9-26(22)32)35(33,34)30-14-12-23(27)13-15-30/h4-5,8-9,17,20-21,23,25H,2-3,6-7,10-16,18-19H2,1H3/t25-/m0/s1. The summed E-state index contributed by atoms with van der Waals surface area (Å²) in [6.07, 6.45) is 10.8. The van der Waals surface area contributed by atoms with Gasteiger partial charge in [0, 0.05) is 51.2 Å². The van der Waals surface area contributed by atoms with E-state index in [2.05, 4.69) is 16.0 Å². The van der Waals surface area contributed by atoms with Crippen LogP contribution in [0, 0.1) is 5.92 Å². The summed E-state index contributed by atoms with van der Waals surface area (Å²) < 4.78 is 46.4. The van der Waals surface area contributed by atoms with Crippen LogP contribution >= 0.6 is 0 Å². The van der Waals surface area contributed by atoms with E-state index in [9.17, 15) is 12.8 Å². The molecule has 0 bridgehead atoms. The fourth-order valence-corrected chi connectivity index (χ4v) is 7.68. The van der Waals surface area contributed by atoms with Gasteiger partial charge in [-0.3, -0.25) is 0 Å². The molecule has 2 aliphatic heterocycles. The molecule has 1 aromatic heterocycles. The second-order valence-electron chi connectivity index (χ2n) is 10.5. The molecule has 1 atom stereocenters. The van der Waals surface area contributed by atoms with Gasteiger partial charge in [-0.25, -0.2) is 9.37 Å². The number of fused-ring (bicyclic) bond motifs is 1. The smallest absolute Gasteiger partial charge is 0.282 e. The Labute approximate surface area is 209 Å². The van der Waals surface area contributed by atoms with Gasteiger partial charge in [0.05, 0.1) is 18.6 Å². The molecule has 0 N–H and O–H groups in total. The van der Waals surface area contributed by atoms with Crippen LogP contribution in [0.5, 0.6) is 0 Å². The lowest BCUT2D eigenvalue weighted by Crippen LogP contribution is -2.50. The van der Waals surface area contributed by atoms with Gasteiger partial charge in [-0.2, -0.15) is 17.0 Å². The van der Waals surface area contributed by atoms with Gasteiger partial charge in [-0.1, -0.05) is 43.9 Å². The number of aryl methyl sites for hydroxylation is 1. The summed E-state index contributed by atoms with van der Waals surface area (Å²) in [7, 11) is -1.71. The number of aromatic nitrogens is 2. The van der Waals surface area contributed by atoms with E-state index in [0.29, 0.717) is 19.6 Å². The maximum Gasteiger partial charge on any atom is 0.282 e. The number of nitrogens with zero attached hydrogens (tertiary/aromatic N) is 5. The first-order valence-electron chi connectivity index (χ1n) is 13.1. The average Bonchev–Trinajstić information content (AvgIpc) is 3.48. The van der Waals surface area contributed by atoms with Crippen molar-refractivity contribution in [2.45, 2.75) is 76.7 Å². The van der Waals surface area contributed by atoms with Crippen molar-refractivity contribution < 1.29 is 12.8 Å². The van der Waals surface area contributed by atoms with Crippen molar-refractivity contribution >= 4 is 15.9 Å². The summed E-state index contributed by atoms with van der Waals surface area (Å²) in [6, 6.07) is 8.22. The third-order valence-electron chi connectivity index (χ3n) is 8.01. The van der Waals surface area contributed by atoms with Gasteiger partial charge in [-0.05, 0) is 43.2 Å². The van der Waals surface area contributed by atoms with Gasteiger partial charge in [0.2, 0.25) is 0 Å². The second-order valence-corrected chi connectivity index (χ2v) is 12.5. The van der Waals surface area contributed by atoms with Crippen molar-refractivity contribution in [1.29, 1.82) is 0 Å². The van der Waals surface area contributed by atoms with Crippen LogP contribution < -0.4 is 4.90 Å². The lowest BCUT2D eigenvalue weighted by molar-refractivity contribution is 0.200. The monoisotopic (exact) mass is 503 g/mol. The number of piperidine rings is 1. The van der Waals surface area contributed by atoms with E-state index in [0.717, 1.165) is 35.7 Å². The predicted octanol–water partition coefficient (Wildman–Crippen LogP) is 4.26. The summed E-state index contributed by atoms with van der Waals surface area (Å²) in [5, 5.41) is 0. The minimum Gasteiger partial charge on any atom is -0.361 e. The molecule has 1 saturated heterocycles. The zero-order chi connectivity index (χ0) is 24.4. The highest BCUT2D eigenvalue weighted by Crippen LogP contribution is 2.35. The third kappa shape index (κ3) is 5.57. The molecule has 2 aromatic rings. The molecule has 0 radical (unpaired) electrons. The van der Waals surface area contributed by atoms with E-state index in [-0.39, 0.29) is 32.0 Å². The minimum absolute atomic E-state index is 0.0507. The molecule has 192 valence electrons. The molecular formula is C26H38FN5O2S. The van der Waals surface area contributed by atoms with Gasteiger partial charge in [0.1, 0.15) is 6.17 Å². The number of imidazole rings is 1. The molecule has 0 amide bonds. The largest absolute Gasteiger partial charge is 0.361 e. The number of alkyl halides is 1. The van der Waals surface area contributed by atoms with Crippen LogP contribution in [-0.4, -0.2) is 58.4 Å². The van der Waals surface area contributed by atoms with Gasteiger partial charge < -0.3 is 9.47 Å². The molecule has 9 heteroatoms. The quantitative estimate of drug-likeness (QED) is 0.567. The van der Waals surface area contributed by atoms with Crippen LogP contribution in [0.1, 0.15) is 62.6 Å². The minimum atomic E-state index is -3.68. The summed E-state index contributed by atoms with van der Waals surface area (Å²) in [4.78, 5) is 6.96. The predicted molar refractivity (Wildman–Crippen MR) is 136 cm³/mol. The van der Waals surface area contributed by atoms with Crippen LogP contribution in [0.4, 0.5) is 10.1 Å². The number of hydrogen-bond donors (Lipinski definition) is 0. The molecule has 7 nitrogen and oxygen atoms in total. The maximum atomic E-state index is 13.8. The van der Waals surface area contributed by atoms with E-state index < -0.39 is 16.4 Å². The number of anilines is 1. The van der Waals surface area contributed by atoms with Crippen molar-refractivity contribution in [2.75, 3.05) is 24.5 Å². The van der Waals surface area contributed by atoms with Crippen molar-refractivity contribution in [3.8, 4) is 0 Å². The third-order valence-corrected chi connectivity index (χ3v) is 9.96. The lowest BCUT2D eigenvalue weighted by Gasteiger charge is -2.36. The van der Waals surface area contributed by atoms with E-state index >= 15 is 0 Å². The Morgan fingerprint density at radius 3 is 2.49 bits per heavy atom. The zero-order valence-corrected chi connectivity index (χ0v) is 21.5. The van der Waals surface area contributed by atoms with Crippen LogP contribution in [0.25, 0.3) is 0 Å². The Morgan fingerprint density at radius 2 is 1.77 bits per heavy atom. The van der Waals surface area contributed by atoms with Crippen molar-refractivity contribution in [3.05, 3.63) is 48.0 Å². The average molecular weight is 504 g/mol. The highest BCUT2D eigenvalue weighted by molar-refractivity contribution is 7.86. The molecule has 5 rings (SSSR count). The number of hydrogen-bond acceptors (Lipinski definition) is 4. The topological polar surface area (TPSA) is 61.7 Å².